The van der Waals surface area contributed by atoms with Crippen molar-refractivity contribution in [1.82, 2.24) is 0 Å². The first-order valence-corrected chi connectivity index (χ1v) is 9.92. The second-order valence-corrected chi connectivity index (χ2v) is 8.31. The summed E-state index contributed by atoms with van der Waals surface area (Å²) in [7, 11) is -3.81. The van der Waals surface area contributed by atoms with Crippen molar-refractivity contribution in [2.24, 2.45) is 0 Å². The maximum absolute atomic E-state index is 12.7. The van der Waals surface area contributed by atoms with E-state index in [2.05, 4.69) is 20.7 Å². The quantitative estimate of drug-likeness (QED) is 0.818. The highest BCUT2D eigenvalue weighted by atomic mass is 79.9. The number of fused-ring (bicyclic) bond motifs is 1. The maximum atomic E-state index is 12.7. The summed E-state index contributed by atoms with van der Waals surface area (Å²) in [6.07, 6.45) is -0.155. The van der Waals surface area contributed by atoms with Crippen LogP contribution in [0.25, 0.3) is 0 Å². The Morgan fingerprint density at radius 1 is 1.28 bits per heavy atom. The molecular formula is C17H17BrN2O4S. The van der Waals surface area contributed by atoms with Crippen LogP contribution in [0.5, 0.6) is 5.75 Å². The number of hydrogen-bond acceptors (Lipinski definition) is 4. The Morgan fingerprint density at radius 2 is 2.00 bits per heavy atom. The van der Waals surface area contributed by atoms with Gasteiger partial charge in [0.05, 0.1) is 22.8 Å². The fourth-order valence-corrected chi connectivity index (χ4v) is 4.24. The van der Waals surface area contributed by atoms with E-state index in [1.165, 1.54) is 24.0 Å². The van der Waals surface area contributed by atoms with Crippen molar-refractivity contribution in [3.8, 4) is 5.75 Å². The van der Waals surface area contributed by atoms with Gasteiger partial charge in [0.1, 0.15) is 11.9 Å². The molecule has 1 atom stereocenters. The minimum atomic E-state index is -3.81. The first-order valence-electron chi connectivity index (χ1n) is 7.64. The first-order chi connectivity index (χ1) is 11.8. The lowest BCUT2D eigenvalue weighted by Crippen LogP contribution is -2.41. The predicted octanol–water partition coefficient (Wildman–Crippen LogP) is 3.38. The van der Waals surface area contributed by atoms with Crippen molar-refractivity contribution < 1.29 is 17.9 Å². The number of carbonyl (C=O) groups is 1. The van der Waals surface area contributed by atoms with Gasteiger partial charge in [-0.25, -0.2) is 8.42 Å². The summed E-state index contributed by atoms with van der Waals surface area (Å²) in [5.74, 6) is 0.332. The molecule has 0 saturated heterocycles. The molecule has 0 aromatic heterocycles. The van der Waals surface area contributed by atoms with Gasteiger partial charge >= 0.3 is 0 Å². The van der Waals surface area contributed by atoms with E-state index >= 15 is 0 Å². The average Bonchev–Trinajstić information content (AvgIpc) is 2.55. The molecule has 0 fully saturated rings. The fourth-order valence-electron chi connectivity index (χ4n) is 2.63. The molecule has 1 aliphatic heterocycles. The number of para-hydroxylation sites is 1. The fraction of sp³-hybridized carbons (Fsp3) is 0.235. The van der Waals surface area contributed by atoms with E-state index in [4.69, 9.17) is 4.74 Å². The van der Waals surface area contributed by atoms with E-state index in [0.29, 0.717) is 28.1 Å². The van der Waals surface area contributed by atoms with Crippen LogP contribution < -0.4 is 14.4 Å². The molecule has 25 heavy (non-hydrogen) atoms. The normalized spacial score (nSPS) is 16.8. The van der Waals surface area contributed by atoms with Crippen LogP contribution >= 0.6 is 15.9 Å². The summed E-state index contributed by atoms with van der Waals surface area (Å²) in [4.78, 5) is 13.5. The van der Waals surface area contributed by atoms with Crippen LogP contribution in [0.15, 0.2) is 51.8 Å². The molecular weight excluding hydrogens is 408 g/mol. The van der Waals surface area contributed by atoms with Gasteiger partial charge in [-0.3, -0.25) is 9.52 Å². The number of carbonyl (C=O) groups excluding carboxylic acids is 1. The van der Waals surface area contributed by atoms with E-state index in [9.17, 15) is 13.2 Å². The number of benzene rings is 2. The Balaban J connectivity index is 2.00. The van der Waals surface area contributed by atoms with Crippen LogP contribution in [0.2, 0.25) is 0 Å². The molecule has 1 N–H and O–H groups in total. The van der Waals surface area contributed by atoms with E-state index in [1.807, 2.05) is 6.92 Å². The minimum Gasteiger partial charge on any atom is -0.487 e. The molecule has 1 amide bonds. The molecule has 3 rings (SSSR count). The zero-order chi connectivity index (χ0) is 18.2. The zero-order valence-corrected chi connectivity index (χ0v) is 16.1. The first kappa shape index (κ1) is 17.8. The Morgan fingerprint density at radius 3 is 2.68 bits per heavy atom. The van der Waals surface area contributed by atoms with Crippen LogP contribution in [0.4, 0.5) is 11.4 Å². The SMILES string of the molecule is CC(=O)N1C[C@H](C)Oc2ccc(S(=O)(=O)Nc3ccccc3Br)cc21. The molecule has 6 nitrogen and oxygen atoms in total. The van der Waals surface area contributed by atoms with Gasteiger partial charge in [-0.1, -0.05) is 12.1 Å². The van der Waals surface area contributed by atoms with Crippen LogP contribution in [0.3, 0.4) is 0 Å². The molecule has 2 aromatic carbocycles. The summed E-state index contributed by atoms with van der Waals surface area (Å²) >= 11 is 3.32. The standard InChI is InChI=1S/C17H17BrN2O4S/c1-11-10-20(12(2)21)16-9-13(7-8-17(16)24-11)25(22,23)19-15-6-4-3-5-14(15)18/h3-9,11,19H,10H2,1-2H3/t11-/m0/s1. The molecule has 132 valence electrons. The van der Waals surface area contributed by atoms with Crippen molar-refractivity contribution in [2.45, 2.75) is 24.8 Å². The molecule has 2 aromatic rings. The monoisotopic (exact) mass is 424 g/mol. The van der Waals surface area contributed by atoms with Gasteiger partial charge in [0.15, 0.2) is 0 Å². The third-order valence-corrected chi connectivity index (χ3v) is 5.85. The number of nitrogens with one attached hydrogen (secondary N) is 1. The summed E-state index contributed by atoms with van der Waals surface area (Å²) in [6.45, 7) is 3.68. The maximum Gasteiger partial charge on any atom is 0.262 e. The molecule has 0 bridgehead atoms. The number of anilines is 2. The van der Waals surface area contributed by atoms with Crippen LogP contribution in [0.1, 0.15) is 13.8 Å². The Bertz CT molecular complexity index is 930. The average molecular weight is 425 g/mol. The molecule has 1 aliphatic rings. The van der Waals surface area contributed by atoms with Gasteiger partial charge in [0.2, 0.25) is 5.91 Å². The summed E-state index contributed by atoms with van der Waals surface area (Å²) in [6, 6.07) is 11.4. The minimum absolute atomic E-state index is 0.0615. The van der Waals surface area contributed by atoms with Gasteiger partial charge in [0, 0.05) is 11.4 Å². The van der Waals surface area contributed by atoms with Gasteiger partial charge in [-0.2, -0.15) is 0 Å². The van der Waals surface area contributed by atoms with E-state index < -0.39 is 10.0 Å². The van der Waals surface area contributed by atoms with Crippen LogP contribution in [-0.2, 0) is 14.8 Å². The van der Waals surface area contributed by atoms with Crippen molar-refractivity contribution >= 4 is 43.2 Å². The Labute approximate surface area is 155 Å². The zero-order valence-electron chi connectivity index (χ0n) is 13.7. The van der Waals surface area contributed by atoms with Crippen molar-refractivity contribution in [3.63, 3.8) is 0 Å². The number of hydrogen-bond donors (Lipinski definition) is 1. The number of halogens is 1. The molecule has 1 heterocycles. The van der Waals surface area contributed by atoms with Crippen molar-refractivity contribution in [1.29, 1.82) is 0 Å². The highest BCUT2D eigenvalue weighted by Crippen LogP contribution is 2.36. The Hall–Kier alpha value is -2.06. The van der Waals surface area contributed by atoms with Gasteiger partial charge in [-0.15, -0.1) is 0 Å². The lowest BCUT2D eigenvalue weighted by Gasteiger charge is -2.33. The summed E-state index contributed by atoms with van der Waals surface area (Å²) in [5, 5.41) is 0. The van der Waals surface area contributed by atoms with Gasteiger partial charge < -0.3 is 9.64 Å². The highest BCUT2D eigenvalue weighted by molar-refractivity contribution is 9.10. The highest BCUT2D eigenvalue weighted by Gasteiger charge is 2.28. The molecule has 0 aliphatic carbocycles. The van der Waals surface area contributed by atoms with Gasteiger partial charge in [-0.05, 0) is 53.2 Å². The van der Waals surface area contributed by atoms with Crippen molar-refractivity contribution in [3.05, 3.63) is 46.9 Å². The van der Waals surface area contributed by atoms with Crippen LogP contribution in [0, 0.1) is 0 Å². The Kier molecular flexibility index (Phi) is 4.75. The third kappa shape index (κ3) is 3.64. The number of sulfonamides is 1. The lowest BCUT2D eigenvalue weighted by molar-refractivity contribution is -0.117. The summed E-state index contributed by atoms with van der Waals surface area (Å²) in [5.41, 5.74) is 0.897. The molecule has 0 radical (unpaired) electrons. The van der Waals surface area contributed by atoms with Crippen LogP contribution in [-0.4, -0.2) is 27.0 Å². The number of ether oxygens (including phenoxy) is 1. The summed E-state index contributed by atoms with van der Waals surface area (Å²) < 4.78 is 34.3. The predicted molar refractivity (Wildman–Crippen MR) is 99.5 cm³/mol. The number of rotatable bonds is 3. The van der Waals surface area contributed by atoms with Gasteiger partial charge in [0.25, 0.3) is 10.0 Å². The second kappa shape index (κ2) is 6.68. The molecule has 0 saturated carbocycles. The van der Waals surface area contributed by atoms with E-state index in [1.54, 1.807) is 30.3 Å². The number of amides is 1. The smallest absolute Gasteiger partial charge is 0.262 e. The largest absolute Gasteiger partial charge is 0.487 e. The second-order valence-electron chi connectivity index (χ2n) is 5.77. The molecule has 0 unspecified atom stereocenters. The lowest BCUT2D eigenvalue weighted by atomic mass is 10.2. The van der Waals surface area contributed by atoms with E-state index in [0.717, 1.165) is 0 Å². The third-order valence-electron chi connectivity index (χ3n) is 3.80. The van der Waals surface area contributed by atoms with Crippen molar-refractivity contribution in [2.75, 3.05) is 16.2 Å². The van der Waals surface area contributed by atoms with E-state index in [-0.39, 0.29) is 16.9 Å². The molecule has 8 heteroatoms. The molecule has 0 spiro atoms. The topological polar surface area (TPSA) is 75.7 Å². The number of nitrogens with zero attached hydrogens (tertiary/aromatic N) is 1.